The van der Waals surface area contributed by atoms with Crippen molar-refractivity contribution in [2.75, 3.05) is 5.32 Å². The fourth-order valence-electron chi connectivity index (χ4n) is 2.20. The molecule has 0 spiro atoms. The van der Waals surface area contributed by atoms with E-state index in [0.29, 0.717) is 23.5 Å². The summed E-state index contributed by atoms with van der Waals surface area (Å²) in [5.74, 6) is 1.29. The van der Waals surface area contributed by atoms with Gasteiger partial charge in [0.1, 0.15) is 5.82 Å². The minimum Gasteiger partial charge on any atom is -0.487 e. The number of ether oxygens (including phenoxy) is 1. The molecule has 0 fully saturated rings. The summed E-state index contributed by atoms with van der Waals surface area (Å²) in [6, 6.07) is 7.42. The van der Waals surface area contributed by atoms with Gasteiger partial charge in [0.2, 0.25) is 0 Å². The number of pyridine rings is 1. The molecule has 0 saturated heterocycles. The molecule has 0 aliphatic heterocycles. The zero-order valence-corrected chi connectivity index (χ0v) is 12.9. The van der Waals surface area contributed by atoms with E-state index in [4.69, 9.17) is 4.74 Å². The first-order valence-corrected chi connectivity index (χ1v) is 7.08. The normalized spacial score (nSPS) is 10.8. The van der Waals surface area contributed by atoms with Gasteiger partial charge in [-0.05, 0) is 56.5 Å². The molecule has 112 valence electrons. The topological polar surface area (TPSA) is 34.2 Å². The number of halogens is 1. The molecule has 0 saturated carbocycles. The number of rotatable bonds is 5. The van der Waals surface area contributed by atoms with E-state index in [1.165, 1.54) is 0 Å². The summed E-state index contributed by atoms with van der Waals surface area (Å²) in [6.07, 6.45) is 1.81. The van der Waals surface area contributed by atoms with Gasteiger partial charge in [0.05, 0.1) is 6.10 Å². The Hall–Kier alpha value is -2.10. The Morgan fingerprint density at radius 1 is 1.24 bits per heavy atom. The van der Waals surface area contributed by atoms with Crippen molar-refractivity contribution >= 4 is 5.82 Å². The van der Waals surface area contributed by atoms with E-state index in [1.807, 2.05) is 38.1 Å². The fourth-order valence-corrected chi connectivity index (χ4v) is 2.20. The summed E-state index contributed by atoms with van der Waals surface area (Å²) in [4.78, 5) is 4.30. The second-order valence-electron chi connectivity index (χ2n) is 5.41. The molecular formula is C17H21FN2O. The van der Waals surface area contributed by atoms with Gasteiger partial charge in [0.25, 0.3) is 0 Å². The van der Waals surface area contributed by atoms with Crippen LogP contribution in [0.15, 0.2) is 30.5 Å². The quantitative estimate of drug-likeness (QED) is 0.893. The molecule has 0 bridgehead atoms. The van der Waals surface area contributed by atoms with Gasteiger partial charge >= 0.3 is 0 Å². The van der Waals surface area contributed by atoms with Crippen LogP contribution in [0, 0.1) is 19.7 Å². The molecule has 1 N–H and O–H groups in total. The third-order valence-corrected chi connectivity index (χ3v) is 3.09. The molecule has 1 aromatic heterocycles. The Kier molecular flexibility index (Phi) is 4.78. The lowest BCUT2D eigenvalue weighted by Crippen LogP contribution is -2.10. The monoisotopic (exact) mass is 288 g/mol. The molecular weight excluding hydrogens is 267 g/mol. The molecule has 3 nitrogen and oxygen atoms in total. The molecule has 2 aromatic rings. The van der Waals surface area contributed by atoms with Gasteiger partial charge in [-0.15, -0.1) is 0 Å². The van der Waals surface area contributed by atoms with E-state index in [2.05, 4.69) is 10.3 Å². The van der Waals surface area contributed by atoms with Crippen LogP contribution in [-0.4, -0.2) is 11.1 Å². The lowest BCUT2D eigenvalue weighted by Gasteiger charge is -2.15. The molecule has 0 radical (unpaired) electrons. The second-order valence-corrected chi connectivity index (χ2v) is 5.41. The SMILES string of the molecule is Cc1cc(CNc2ncccc2OC(C)C)cc(C)c1F. The average Bonchev–Trinajstić information content (AvgIpc) is 2.43. The first kappa shape index (κ1) is 15.3. The highest BCUT2D eigenvalue weighted by atomic mass is 19.1. The molecule has 1 heterocycles. The molecule has 21 heavy (non-hydrogen) atoms. The van der Waals surface area contributed by atoms with Gasteiger partial charge in [-0.2, -0.15) is 0 Å². The van der Waals surface area contributed by atoms with Crippen LogP contribution in [-0.2, 0) is 6.54 Å². The molecule has 0 atom stereocenters. The second kappa shape index (κ2) is 6.57. The van der Waals surface area contributed by atoms with Gasteiger partial charge < -0.3 is 10.1 Å². The average molecular weight is 288 g/mol. The Labute approximate surface area is 125 Å². The van der Waals surface area contributed by atoms with E-state index < -0.39 is 0 Å². The van der Waals surface area contributed by atoms with Crippen LogP contribution in [0.25, 0.3) is 0 Å². The maximum absolute atomic E-state index is 13.6. The van der Waals surface area contributed by atoms with Gasteiger partial charge in [-0.3, -0.25) is 0 Å². The van der Waals surface area contributed by atoms with E-state index in [-0.39, 0.29) is 11.9 Å². The highest BCUT2D eigenvalue weighted by Gasteiger charge is 2.08. The lowest BCUT2D eigenvalue weighted by atomic mass is 10.1. The lowest BCUT2D eigenvalue weighted by molar-refractivity contribution is 0.243. The fraction of sp³-hybridized carbons (Fsp3) is 0.353. The van der Waals surface area contributed by atoms with Gasteiger partial charge in [0, 0.05) is 12.7 Å². The number of hydrogen-bond donors (Lipinski definition) is 1. The Bertz CT molecular complexity index is 603. The van der Waals surface area contributed by atoms with Crippen LogP contribution in [0.1, 0.15) is 30.5 Å². The summed E-state index contributed by atoms with van der Waals surface area (Å²) < 4.78 is 19.3. The summed E-state index contributed by atoms with van der Waals surface area (Å²) in [6.45, 7) is 8.08. The first-order chi connectivity index (χ1) is 9.97. The van der Waals surface area contributed by atoms with Crippen LogP contribution in [0.2, 0.25) is 0 Å². The van der Waals surface area contributed by atoms with Crippen LogP contribution < -0.4 is 10.1 Å². The number of hydrogen-bond acceptors (Lipinski definition) is 3. The van der Waals surface area contributed by atoms with E-state index in [1.54, 1.807) is 20.0 Å². The van der Waals surface area contributed by atoms with Crippen LogP contribution in [0.4, 0.5) is 10.2 Å². The minimum atomic E-state index is -0.139. The first-order valence-electron chi connectivity index (χ1n) is 7.08. The number of nitrogens with one attached hydrogen (secondary N) is 1. The Balaban J connectivity index is 2.13. The van der Waals surface area contributed by atoms with Gasteiger partial charge in [0.15, 0.2) is 11.6 Å². The van der Waals surface area contributed by atoms with Crippen molar-refractivity contribution in [3.8, 4) is 5.75 Å². The Morgan fingerprint density at radius 3 is 2.52 bits per heavy atom. The third kappa shape index (κ3) is 3.94. The molecule has 4 heteroatoms. The van der Waals surface area contributed by atoms with Crippen molar-refractivity contribution in [1.29, 1.82) is 0 Å². The molecule has 2 rings (SSSR count). The number of anilines is 1. The molecule has 0 unspecified atom stereocenters. The number of aryl methyl sites for hydroxylation is 2. The predicted molar refractivity (Wildman–Crippen MR) is 83.2 cm³/mol. The van der Waals surface area contributed by atoms with E-state index >= 15 is 0 Å². The van der Waals surface area contributed by atoms with Crippen molar-refractivity contribution in [3.63, 3.8) is 0 Å². The number of aromatic nitrogens is 1. The predicted octanol–water partition coefficient (Wildman–Crippen LogP) is 4.24. The van der Waals surface area contributed by atoms with Crippen molar-refractivity contribution in [2.45, 2.75) is 40.3 Å². The van der Waals surface area contributed by atoms with Gasteiger partial charge in [-0.25, -0.2) is 9.37 Å². The zero-order valence-electron chi connectivity index (χ0n) is 12.9. The van der Waals surface area contributed by atoms with Crippen LogP contribution in [0.3, 0.4) is 0 Å². The maximum Gasteiger partial charge on any atom is 0.169 e. The highest BCUT2D eigenvalue weighted by Crippen LogP contribution is 2.23. The molecule has 0 amide bonds. The maximum atomic E-state index is 13.6. The van der Waals surface area contributed by atoms with Crippen molar-refractivity contribution in [3.05, 3.63) is 53.0 Å². The minimum absolute atomic E-state index is 0.0880. The summed E-state index contributed by atoms with van der Waals surface area (Å²) in [5, 5.41) is 3.25. The van der Waals surface area contributed by atoms with Gasteiger partial charge in [-0.1, -0.05) is 12.1 Å². The summed E-state index contributed by atoms with van der Waals surface area (Å²) >= 11 is 0. The standard InChI is InChI=1S/C17H21FN2O/c1-11(2)21-15-6-5-7-19-17(15)20-10-14-8-12(3)16(18)13(4)9-14/h5-9,11H,10H2,1-4H3,(H,19,20). The molecule has 1 aromatic carbocycles. The van der Waals surface area contributed by atoms with E-state index in [0.717, 1.165) is 11.3 Å². The number of benzene rings is 1. The Morgan fingerprint density at radius 2 is 1.90 bits per heavy atom. The summed E-state index contributed by atoms with van der Waals surface area (Å²) in [7, 11) is 0. The summed E-state index contributed by atoms with van der Waals surface area (Å²) in [5.41, 5.74) is 2.34. The molecule has 0 aliphatic rings. The van der Waals surface area contributed by atoms with Crippen LogP contribution in [0.5, 0.6) is 5.75 Å². The zero-order chi connectivity index (χ0) is 15.4. The largest absolute Gasteiger partial charge is 0.487 e. The number of nitrogens with zero attached hydrogens (tertiary/aromatic N) is 1. The smallest absolute Gasteiger partial charge is 0.169 e. The molecule has 0 aliphatic carbocycles. The van der Waals surface area contributed by atoms with Crippen molar-refractivity contribution < 1.29 is 9.13 Å². The van der Waals surface area contributed by atoms with E-state index in [9.17, 15) is 4.39 Å². The third-order valence-electron chi connectivity index (χ3n) is 3.09. The van der Waals surface area contributed by atoms with Crippen LogP contribution >= 0.6 is 0 Å². The van der Waals surface area contributed by atoms with Crippen molar-refractivity contribution in [1.82, 2.24) is 4.98 Å². The van der Waals surface area contributed by atoms with Crippen molar-refractivity contribution in [2.24, 2.45) is 0 Å². The highest BCUT2D eigenvalue weighted by molar-refractivity contribution is 5.50.